The van der Waals surface area contributed by atoms with Gasteiger partial charge in [-0.2, -0.15) is 0 Å². The lowest BCUT2D eigenvalue weighted by Gasteiger charge is -2.17. The molecule has 0 N–H and O–H groups in total. The van der Waals surface area contributed by atoms with Crippen molar-refractivity contribution in [2.24, 2.45) is 0 Å². The normalized spacial score (nSPS) is 11.9. The zero-order valence-corrected chi connectivity index (χ0v) is 30.2. The second-order valence-corrected chi connectivity index (χ2v) is 14.8. The minimum atomic E-state index is 0.700. The molecule has 258 valence electrons. The van der Waals surface area contributed by atoms with Gasteiger partial charge >= 0.3 is 0 Å². The zero-order valence-electron chi connectivity index (χ0n) is 30.2. The molecule has 0 aliphatic heterocycles. The van der Waals surface area contributed by atoms with Crippen LogP contribution in [-0.2, 0) is 0 Å². The minimum Gasteiger partial charge on any atom is -0.256 e. The number of aromatic nitrogens is 3. The van der Waals surface area contributed by atoms with Crippen molar-refractivity contribution in [2.45, 2.75) is 0 Å². The molecule has 10 aromatic carbocycles. The van der Waals surface area contributed by atoms with Crippen LogP contribution in [0, 0.1) is 0 Å². The third kappa shape index (κ3) is 4.74. The van der Waals surface area contributed by atoms with Gasteiger partial charge < -0.3 is 0 Å². The topological polar surface area (TPSA) is 38.7 Å². The second kappa shape index (κ2) is 12.0. The van der Waals surface area contributed by atoms with Crippen LogP contribution in [0.15, 0.2) is 188 Å². The molecular formula is C53H31N3. The van der Waals surface area contributed by atoms with Crippen LogP contribution in [0.2, 0.25) is 0 Å². The molecule has 0 spiro atoms. The van der Waals surface area contributed by atoms with E-state index >= 15 is 0 Å². The van der Waals surface area contributed by atoms with Crippen LogP contribution in [-0.4, -0.2) is 15.0 Å². The number of hydrogen-bond donors (Lipinski definition) is 0. The van der Waals surface area contributed by atoms with E-state index in [4.69, 9.17) is 9.97 Å². The van der Waals surface area contributed by atoms with Crippen LogP contribution in [0.1, 0.15) is 0 Å². The molecule has 0 radical (unpaired) electrons. The Labute approximate surface area is 322 Å². The predicted octanol–water partition coefficient (Wildman–Crippen LogP) is 14.0. The van der Waals surface area contributed by atoms with E-state index in [2.05, 4.69) is 163 Å². The summed E-state index contributed by atoms with van der Waals surface area (Å²) in [5.74, 6) is 0.700. The highest BCUT2D eigenvalue weighted by Gasteiger charge is 2.17. The van der Waals surface area contributed by atoms with E-state index in [1.54, 1.807) is 0 Å². The summed E-state index contributed by atoms with van der Waals surface area (Å²) in [4.78, 5) is 14.7. The quantitative estimate of drug-likeness (QED) is 0.171. The molecule has 0 aliphatic rings. The van der Waals surface area contributed by atoms with Gasteiger partial charge in [-0.25, -0.2) is 9.97 Å². The fraction of sp³-hybridized carbons (Fsp3) is 0. The summed E-state index contributed by atoms with van der Waals surface area (Å²) in [6, 6.07) is 65.8. The Morgan fingerprint density at radius 2 is 0.821 bits per heavy atom. The van der Waals surface area contributed by atoms with Crippen molar-refractivity contribution >= 4 is 75.5 Å². The monoisotopic (exact) mass is 709 g/mol. The van der Waals surface area contributed by atoms with Crippen LogP contribution in [0.4, 0.5) is 0 Å². The van der Waals surface area contributed by atoms with Crippen molar-refractivity contribution < 1.29 is 0 Å². The number of nitrogens with zero attached hydrogens (tertiary/aromatic N) is 3. The van der Waals surface area contributed by atoms with E-state index in [0.29, 0.717) is 5.82 Å². The Kier molecular flexibility index (Phi) is 6.63. The van der Waals surface area contributed by atoms with Gasteiger partial charge in [-0.3, -0.25) is 4.98 Å². The number of rotatable bonds is 4. The van der Waals surface area contributed by atoms with Crippen LogP contribution >= 0.6 is 0 Å². The molecule has 0 saturated carbocycles. The fourth-order valence-corrected chi connectivity index (χ4v) is 8.98. The lowest BCUT2D eigenvalue weighted by atomic mass is 9.86. The maximum atomic E-state index is 5.12. The van der Waals surface area contributed by atoms with Crippen LogP contribution in [0.25, 0.3) is 121 Å². The maximum absolute atomic E-state index is 5.12. The molecule has 56 heavy (non-hydrogen) atoms. The Morgan fingerprint density at radius 3 is 1.50 bits per heavy atom. The molecule has 2 aromatic heterocycles. The molecule has 0 saturated heterocycles. The summed E-state index contributed by atoms with van der Waals surface area (Å²) < 4.78 is 0. The molecule has 3 nitrogen and oxygen atoms in total. The molecule has 0 bridgehead atoms. The first kappa shape index (κ1) is 30.9. The van der Waals surface area contributed by atoms with Crippen LogP contribution < -0.4 is 0 Å². The molecule has 0 fully saturated rings. The first-order valence-corrected chi connectivity index (χ1v) is 19.1. The van der Waals surface area contributed by atoms with Crippen molar-refractivity contribution in [3.63, 3.8) is 0 Å². The standard InChI is InChI=1S/C53H31N3/c1-2-8-37(9-3-1)53-55-47(31-48(56-53)39-25-26-46-38(28-39)13-7-27-54-46)33-19-17-32(18-20-33)41-29-40-24-23-36-11-5-15-43-42-14-4-10-34-21-22-35-12-6-16-44(51(35)49(34)42)45(30-41)52(40)50(36)43/h1-31H. The average Bonchev–Trinajstić information content (AvgIpc) is 3.27. The molecule has 0 aliphatic carbocycles. The smallest absolute Gasteiger partial charge is 0.160 e. The number of pyridine rings is 1. The van der Waals surface area contributed by atoms with E-state index in [1.165, 1.54) is 70.2 Å². The maximum Gasteiger partial charge on any atom is 0.160 e. The number of fused-ring (bicyclic) bond motifs is 3. The highest BCUT2D eigenvalue weighted by atomic mass is 14.9. The Bertz CT molecular complexity index is 3510. The lowest BCUT2D eigenvalue weighted by molar-refractivity contribution is 1.18. The van der Waals surface area contributed by atoms with E-state index in [-0.39, 0.29) is 0 Å². The van der Waals surface area contributed by atoms with Crippen molar-refractivity contribution in [3.8, 4) is 45.0 Å². The molecule has 12 rings (SSSR count). The molecule has 0 unspecified atom stereocenters. The van der Waals surface area contributed by atoms with Gasteiger partial charge in [0.15, 0.2) is 5.82 Å². The molecule has 12 aromatic rings. The van der Waals surface area contributed by atoms with E-state index in [0.717, 1.165) is 44.5 Å². The van der Waals surface area contributed by atoms with E-state index in [9.17, 15) is 0 Å². The third-order valence-electron chi connectivity index (χ3n) is 11.6. The van der Waals surface area contributed by atoms with E-state index < -0.39 is 0 Å². The predicted molar refractivity (Wildman–Crippen MR) is 235 cm³/mol. The van der Waals surface area contributed by atoms with Crippen molar-refractivity contribution in [1.29, 1.82) is 0 Å². The first-order valence-electron chi connectivity index (χ1n) is 19.1. The summed E-state index contributed by atoms with van der Waals surface area (Å²) in [6.45, 7) is 0. The van der Waals surface area contributed by atoms with Gasteiger partial charge in [0.25, 0.3) is 0 Å². The van der Waals surface area contributed by atoms with Crippen molar-refractivity contribution in [1.82, 2.24) is 15.0 Å². The number of hydrogen-bond acceptors (Lipinski definition) is 3. The molecule has 3 heteroatoms. The van der Waals surface area contributed by atoms with Crippen molar-refractivity contribution in [3.05, 3.63) is 188 Å². The van der Waals surface area contributed by atoms with Crippen LogP contribution in [0.5, 0.6) is 0 Å². The third-order valence-corrected chi connectivity index (χ3v) is 11.6. The summed E-state index contributed by atoms with van der Waals surface area (Å²) in [6.07, 6.45) is 1.83. The summed E-state index contributed by atoms with van der Waals surface area (Å²) in [5, 5.41) is 16.5. The SMILES string of the molecule is c1ccc(-c2nc(-c3ccc(-c4cc5ccc6cccc7c8cccc9ccc%10cccc(c(c4)c5c67)c%10c98)cc3)cc(-c3ccc4ncccc4c3)n2)cc1. The first-order chi connectivity index (χ1) is 27.7. The average molecular weight is 710 g/mol. The zero-order chi connectivity index (χ0) is 36.7. The second-order valence-electron chi connectivity index (χ2n) is 14.8. The minimum absolute atomic E-state index is 0.700. The molecule has 0 amide bonds. The Morgan fingerprint density at radius 1 is 0.286 bits per heavy atom. The van der Waals surface area contributed by atoms with Gasteiger partial charge in [0.2, 0.25) is 0 Å². The van der Waals surface area contributed by atoms with Gasteiger partial charge in [0, 0.05) is 28.3 Å². The van der Waals surface area contributed by atoms with Gasteiger partial charge in [-0.15, -0.1) is 0 Å². The van der Waals surface area contributed by atoms with Gasteiger partial charge in [-0.1, -0.05) is 146 Å². The van der Waals surface area contributed by atoms with Gasteiger partial charge in [0.05, 0.1) is 16.9 Å². The summed E-state index contributed by atoms with van der Waals surface area (Å²) in [5.41, 5.74) is 8.12. The molecule has 0 atom stereocenters. The number of benzene rings is 9. The lowest BCUT2D eigenvalue weighted by Crippen LogP contribution is -1.96. The van der Waals surface area contributed by atoms with Crippen molar-refractivity contribution in [2.75, 3.05) is 0 Å². The molecule has 2 heterocycles. The van der Waals surface area contributed by atoms with Crippen LogP contribution in [0.3, 0.4) is 0 Å². The fourth-order valence-electron chi connectivity index (χ4n) is 8.98. The Balaban J connectivity index is 1.06. The summed E-state index contributed by atoms with van der Waals surface area (Å²) in [7, 11) is 0. The summed E-state index contributed by atoms with van der Waals surface area (Å²) >= 11 is 0. The van der Waals surface area contributed by atoms with E-state index in [1.807, 2.05) is 30.5 Å². The Hall–Kier alpha value is -7.49. The van der Waals surface area contributed by atoms with Gasteiger partial charge in [0.1, 0.15) is 0 Å². The highest BCUT2D eigenvalue weighted by molar-refractivity contribution is 6.37. The highest BCUT2D eigenvalue weighted by Crippen LogP contribution is 2.44. The molecular weight excluding hydrogens is 679 g/mol. The largest absolute Gasteiger partial charge is 0.256 e. The van der Waals surface area contributed by atoms with Gasteiger partial charge in [-0.05, 0) is 112 Å².